The first kappa shape index (κ1) is 22.1. The molecule has 134 valence electrons. The Bertz CT molecular complexity index is 373. The topological polar surface area (TPSA) is 36.9 Å². The van der Waals surface area contributed by atoms with Gasteiger partial charge in [-0.25, -0.2) is 0 Å². The maximum Gasteiger partial charge on any atom is 0.0876 e. The molecule has 1 rings (SSSR count). The van der Waals surface area contributed by atoms with Crippen molar-refractivity contribution in [3.8, 4) is 0 Å². The normalized spacial score (nSPS) is 11.0. The van der Waals surface area contributed by atoms with Gasteiger partial charge in [-0.2, -0.15) is 0 Å². The van der Waals surface area contributed by atoms with Gasteiger partial charge in [0.1, 0.15) is 0 Å². The molecule has 0 aliphatic heterocycles. The molecule has 0 spiro atoms. The summed E-state index contributed by atoms with van der Waals surface area (Å²) in [6, 6.07) is 8.43. The van der Waals surface area contributed by atoms with Crippen molar-refractivity contribution in [3.05, 3.63) is 35.4 Å². The zero-order chi connectivity index (χ0) is 17.6. The molecule has 0 unspecified atom stereocenters. The summed E-state index contributed by atoms with van der Waals surface area (Å²) < 4.78 is 21.6. The molecule has 0 heterocycles. The molecule has 0 aliphatic carbocycles. The molecule has 0 amide bonds. The number of hydrogen-bond donors (Lipinski definition) is 0. The number of rotatable bonds is 11. The summed E-state index contributed by atoms with van der Waals surface area (Å²) in [6.45, 7) is 13.8. The fraction of sp³-hybridized carbons (Fsp3) is 0.684. The quantitative estimate of drug-likeness (QED) is 0.577. The second-order valence-corrected chi connectivity index (χ2v) is 5.44. The van der Waals surface area contributed by atoms with Crippen LogP contribution in [-0.2, 0) is 24.5 Å². The van der Waals surface area contributed by atoms with Crippen molar-refractivity contribution >= 4 is 0 Å². The fourth-order valence-corrected chi connectivity index (χ4v) is 1.86. The minimum absolute atomic E-state index is 0.300. The molecular formula is C19H34O4. The SMILES string of the molecule is CC.COCCOCCOCCOC(C)(C)c1ccc(C)cc1. The van der Waals surface area contributed by atoms with Gasteiger partial charge in [0.25, 0.3) is 0 Å². The average Bonchev–Trinajstić information content (AvgIpc) is 2.55. The van der Waals surface area contributed by atoms with E-state index in [1.807, 2.05) is 13.8 Å². The largest absolute Gasteiger partial charge is 0.382 e. The maximum atomic E-state index is 5.91. The predicted octanol–water partition coefficient (Wildman–Crippen LogP) is 3.95. The van der Waals surface area contributed by atoms with E-state index in [0.29, 0.717) is 39.6 Å². The molecule has 4 heteroatoms. The van der Waals surface area contributed by atoms with Gasteiger partial charge in [-0.05, 0) is 26.3 Å². The van der Waals surface area contributed by atoms with E-state index in [0.717, 1.165) is 0 Å². The molecule has 0 bridgehead atoms. The summed E-state index contributed by atoms with van der Waals surface area (Å²) in [5, 5.41) is 0. The fourth-order valence-electron chi connectivity index (χ4n) is 1.86. The van der Waals surface area contributed by atoms with E-state index >= 15 is 0 Å². The highest BCUT2D eigenvalue weighted by molar-refractivity contribution is 5.25. The van der Waals surface area contributed by atoms with Crippen LogP contribution in [0, 0.1) is 6.92 Å². The highest BCUT2D eigenvalue weighted by Gasteiger charge is 2.20. The van der Waals surface area contributed by atoms with Gasteiger partial charge in [0.15, 0.2) is 0 Å². The summed E-state index contributed by atoms with van der Waals surface area (Å²) in [7, 11) is 1.66. The van der Waals surface area contributed by atoms with Gasteiger partial charge in [0.2, 0.25) is 0 Å². The van der Waals surface area contributed by atoms with Crippen LogP contribution in [0.25, 0.3) is 0 Å². The standard InChI is InChI=1S/C17H28O4.C2H6/c1-15-5-7-16(8-6-15)17(2,3)21-14-13-20-12-11-19-10-9-18-4;1-2/h5-8H,9-14H2,1-4H3;1-2H3. The Morgan fingerprint density at radius 3 is 1.78 bits per heavy atom. The van der Waals surface area contributed by atoms with Crippen molar-refractivity contribution in [3.63, 3.8) is 0 Å². The lowest BCUT2D eigenvalue weighted by molar-refractivity contribution is -0.0567. The molecule has 1 aromatic carbocycles. The maximum absolute atomic E-state index is 5.91. The summed E-state index contributed by atoms with van der Waals surface area (Å²) in [4.78, 5) is 0. The lowest BCUT2D eigenvalue weighted by Gasteiger charge is -2.26. The van der Waals surface area contributed by atoms with Crippen molar-refractivity contribution in [1.82, 2.24) is 0 Å². The molecule has 0 aliphatic rings. The molecule has 0 atom stereocenters. The zero-order valence-electron chi connectivity index (χ0n) is 15.7. The van der Waals surface area contributed by atoms with E-state index in [1.54, 1.807) is 7.11 Å². The Hall–Kier alpha value is -0.940. The van der Waals surface area contributed by atoms with Gasteiger partial charge in [-0.3, -0.25) is 0 Å². The van der Waals surface area contributed by atoms with Crippen LogP contribution in [0.4, 0.5) is 0 Å². The van der Waals surface area contributed by atoms with Crippen LogP contribution < -0.4 is 0 Å². The number of methoxy groups -OCH3 is 1. The van der Waals surface area contributed by atoms with Gasteiger partial charge >= 0.3 is 0 Å². The zero-order valence-corrected chi connectivity index (χ0v) is 15.7. The summed E-state index contributed by atoms with van der Waals surface area (Å²) >= 11 is 0. The first-order chi connectivity index (χ1) is 11.1. The summed E-state index contributed by atoms with van der Waals surface area (Å²) in [6.07, 6.45) is 0. The Morgan fingerprint density at radius 1 is 0.783 bits per heavy atom. The van der Waals surface area contributed by atoms with E-state index in [2.05, 4.69) is 45.0 Å². The van der Waals surface area contributed by atoms with Gasteiger partial charge in [0, 0.05) is 7.11 Å². The van der Waals surface area contributed by atoms with Crippen molar-refractivity contribution in [1.29, 1.82) is 0 Å². The van der Waals surface area contributed by atoms with Crippen LogP contribution >= 0.6 is 0 Å². The second kappa shape index (κ2) is 13.5. The van der Waals surface area contributed by atoms with Crippen LogP contribution in [0.3, 0.4) is 0 Å². The highest BCUT2D eigenvalue weighted by atomic mass is 16.6. The average molecular weight is 326 g/mol. The van der Waals surface area contributed by atoms with E-state index in [1.165, 1.54) is 11.1 Å². The summed E-state index contributed by atoms with van der Waals surface area (Å²) in [5.41, 5.74) is 2.13. The van der Waals surface area contributed by atoms with Crippen LogP contribution in [-0.4, -0.2) is 46.8 Å². The lowest BCUT2D eigenvalue weighted by Crippen LogP contribution is -2.24. The van der Waals surface area contributed by atoms with E-state index in [-0.39, 0.29) is 5.60 Å². The molecule has 23 heavy (non-hydrogen) atoms. The number of benzene rings is 1. The van der Waals surface area contributed by atoms with Crippen molar-refractivity contribution < 1.29 is 18.9 Å². The van der Waals surface area contributed by atoms with E-state index in [9.17, 15) is 0 Å². The van der Waals surface area contributed by atoms with Crippen molar-refractivity contribution in [2.24, 2.45) is 0 Å². The third-order valence-electron chi connectivity index (χ3n) is 3.24. The van der Waals surface area contributed by atoms with Crippen molar-refractivity contribution in [2.45, 2.75) is 40.2 Å². The molecule has 1 aromatic rings. The first-order valence-corrected chi connectivity index (χ1v) is 8.42. The third-order valence-corrected chi connectivity index (χ3v) is 3.24. The van der Waals surface area contributed by atoms with Crippen LogP contribution in [0.5, 0.6) is 0 Å². The minimum Gasteiger partial charge on any atom is -0.382 e. The van der Waals surface area contributed by atoms with Gasteiger partial charge in [-0.15, -0.1) is 0 Å². The molecule has 0 N–H and O–H groups in total. The molecule has 0 saturated carbocycles. The third kappa shape index (κ3) is 10.4. The molecule has 0 saturated heterocycles. The van der Waals surface area contributed by atoms with Gasteiger partial charge < -0.3 is 18.9 Å². The Labute approximate surface area is 142 Å². The minimum atomic E-state index is -0.300. The second-order valence-electron chi connectivity index (χ2n) is 5.44. The summed E-state index contributed by atoms with van der Waals surface area (Å²) in [5.74, 6) is 0. The van der Waals surface area contributed by atoms with E-state index in [4.69, 9.17) is 18.9 Å². The molecule has 0 aromatic heterocycles. The molecule has 0 fully saturated rings. The number of aryl methyl sites for hydroxylation is 1. The number of ether oxygens (including phenoxy) is 4. The lowest BCUT2D eigenvalue weighted by atomic mass is 9.97. The first-order valence-electron chi connectivity index (χ1n) is 8.42. The van der Waals surface area contributed by atoms with Crippen LogP contribution in [0.15, 0.2) is 24.3 Å². The molecule has 0 radical (unpaired) electrons. The molecular weight excluding hydrogens is 292 g/mol. The van der Waals surface area contributed by atoms with Crippen LogP contribution in [0.2, 0.25) is 0 Å². The monoisotopic (exact) mass is 326 g/mol. The highest BCUT2D eigenvalue weighted by Crippen LogP contribution is 2.24. The Morgan fingerprint density at radius 2 is 1.26 bits per heavy atom. The van der Waals surface area contributed by atoms with Crippen LogP contribution in [0.1, 0.15) is 38.8 Å². The van der Waals surface area contributed by atoms with Gasteiger partial charge in [-0.1, -0.05) is 43.7 Å². The molecule has 4 nitrogen and oxygen atoms in total. The van der Waals surface area contributed by atoms with Crippen molar-refractivity contribution in [2.75, 3.05) is 46.8 Å². The Balaban J connectivity index is 0.00000232. The van der Waals surface area contributed by atoms with Gasteiger partial charge in [0.05, 0.1) is 45.2 Å². The van der Waals surface area contributed by atoms with E-state index < -0.39 is 0 Å². The number of hydrogen-bond acceptors (Lipinski definition) is 4. The smallest absolute Gasteiger partial charge is 0.0876 e. The predicted molar refractivity (Wildman–Crippen MR) is 95.0 cm³/mol. The Kier molecular flexibility index (Phi) is 12.9.